The van der Waals surface area contributed by atoms with E-state index in [1.54, 1.807) is 0 Å². The van der Waals surface area contributed by atoms with Crippen molar-refractivity contribution in [1.29, 1.82) is 0 Å². The first kappa shape index (κ1) is 17.1. The molecule has 0 aliphatic heterocycles. The van der Waals surface area contributed by atoms with Gasteiger partial charge in [-0.05, 0) is 68.7 Å². The van der Waals surface area contributed by atoms with Crippen molar-refractivity contribution >= 4 is 11.3 Å². The van der Waals surface area contributed by atoms with Gasteiger partial charge < -0.3 is 9.64 Å². The number of anilines is 1. The number of ether oxygens (including phenoxy) is 1. The van der Waals surface area contributed by atoms with E-state index in [0.717, 1.165) is 18.8 Å². The molecule has 0 aliphatic rings. The smallest absolute Gasteiger partial charge is 0.119 e. The van der Waals surface area contributed by atoms with Gasteiger partial charge in [0.2, 0.25) is 0 Å². The summed E-state index contributed by atoms with van der Waals surface area (Å²) < 4.78 is 5.52. The molecule has 0 aromatic heterocycles. The first-order valence-electron chi connectivity index (χ1n) is 8.48. The van der Waals surface area contributed by atoms with Crippen molar-refractivity contribution in [2.75, 3.05) is 24.6 Å². The normalized spacial score (nSPS) is 11.4. The zero-order chi connectivity index (χ0) is 16.7. The van der Waals surface area contributed by atoms with Crippen molar-refractivity contribution < 1.29 is 4.74 Å². The lowest BCUT2D eigenvalue weighted by Crippen LogP contribution is -2.21. The van der Waals surface area contributed by atoms with Crippen LogP contribution < -0.4 is 9.64 Å². The molecule has 0 bridgehead atoms. The molecule has 2 heteroatoms. The van der Waals surface area contributed by atoms with Gasteiger partial charge in [0.15, 0.2) is 0 Å². The van der Waals surface area contributed by atoms with Gasteiger partial charge in [-0.25, -0.2) is 0 Å². The van der Waals surface area contributed by atoms with Gasteiger partial charge in [-0.15, -0.1) is 0 Å². The van der Waals surface area contributed by atoms with Crippen LogP contribution in [0, 0.1) is 0 Å². The van der Waals surface area contributed by atoms with Crippen molar-refractivity contribution in [1.82, 2.24) is 0 Å². The van der Waals surface area contributed by atoms with E-state index < -0.39 is 0 Å². The van der Waals surface area contributed by atoms with Crippen molar-refractivity contribution in [3.63, 3.8) is 0 Å². The van der Waals surface area contributed by atoms with Crippen LogP contribution in [0.2, 0.25) is 0 Å². The Morgan fingerprint density at radius 1 is 0.870 bits per heavy atom. The molecule has 0 aliphatic carbocycles. The maximum absolute atomic E-state index is 5.52. The summed E-state index contributed by atoms with van der Waals surface area (Å²) in [6.45, 7) is 11.2. The molecule has 0 N–H and O–H groups in total. The minimum Gasteiger partial charge on any atom is -0.494 e. The van der Waals surface area contributed by atoms with Gasteiger partial charge in [-0.3, -0.25) is 0 Å². The summed E-state index contributed by atoms with van der Waals surface area (Å²) >= 11 is 0. The van der Waals surface area contributed by atoms with Crippen LogP contribution in [-0.4, -0.2) is 19.7 Å². The summed E-state index contributed by atoms with van der Waals surface area (Å²) in [6.07, 6.45) is 2.17. The fourth-order valence-corrected chi connectivity index (χ4v) is 2.84. The van der Waals surface area contributed by atoms with E-state index in [0.29, 0.717) is 6.61 Å². The summed E-state index contributed by atoms with van der Waals surface area (Å²) in [4.78, 5) is 2.36. The molecule has 2 rings (SSSR count). The minimum absolute atomic E-state index is 0.697. The average Bonchev–Trinajstić information content (AvgIpc) is 2.60. The van der Waals surface area contributed by atoms with Gasteiger partial charge in [0.25, 0.3) is 0 Å². The molecule has 0 spiro atoms. The third kappa shape index (κ3) is 4.16. The maximum Gasteiger partial charge on any atom is 0.119 e. The highest BCUT2D eigenvalue weighted by molar-refractivity contribution is 5.80. The molecular formula is C21H27NO. The lowest BCUT2D eigenvalue weighted by Gasteiger charge is -2.21. The predicted molar refractivity (Wildman–Crippen MR) is 100 cm³/mol. The van der Waals surface area contributed by atoms with E-state index in [2.05, 4.69) is 68.1 Å². The average molecular weight is 309 g/mol. The summed E-state index contributed by atoms with van der Waals surface area (Å²) in [5.41, 5.74) is 4.99. The third-order valence-corrected chi connectivity index (χ3v) is 4.07. The van der Waals surface area contributed by atoms with Crippen molar-refractivity contribution in [2.24, 2.45) is 0 Å². The highest BCUT2D eigenvalue weighted by atomic mass is 16.5. The standard InChI is InChI=1S/C21H27NO/c1-5-21(18-11-15-20(16-12-18)23-8-4)17-9-13-19(14-10-17)22(6-2)7-3/h5,9-16H,6-8H2,1-4H3/b21-5-. The summed E-state index contributed by atoms with van der Waals surface area (Å²) in [5, 5.41) is 0. The third-order valence-electron chi connectivity index (χ3n) is 4.07. The van der Waals surface area contributed by atoms with E-state index in [-0.39, 0.29) is 0 Å². The Hall–Kier alpha value is -2.22. The zero-order valence-corrected chi connectivity index (χ0v) is 14.7. The largest absolute Gasteiger partial charge is 0.494 e. The van der Waals surface area contributed by atoms with Crippen LogP contribution in [0.3, 0.4) is 0 Å². The molecule has 0 heterocycles. The highest BCUT2D eigenvalue weighted by Gasteiger charge is 2.06. The molecule has 0 atom stereocenters. The second-order valence-corrected chi connectivity index (χ2v) is 5.38. The molecular weight excluding hydrogens is 282 g/mol. The van der Waals surface area contributed by atoms with E-state index in [1.165, 1.54) is 22.4 Å². The summed E-state index contributed by atoms with van der Waals surface area (Å²) in [6, 6.07) is 17.1. The lowest BCUT2D eigenvalue weighted by atomic mass is 9.97. The monoisotopic (exact) mass is 309 g/mol. The maximum atomic E-state index is 5.52. The number of hydrogen-bond acceptors (Lipinski definition) is 2. The summed E-state index contributed by atoms with van der Waals surface area (Å²) in [5.74, 6) is 0.920. The highest BCUT2D eigenvalue weighted by Crippen LogP contribution is 2.27. The Bertz CT molecular complexity index is 622. The van der Waals surface area contributed by atoms with Gasteiger partial charge in [0.05, 0.1) is 6.61 Å². The lowest BCUT2D eigenvalue weighted by molar-refractivity contribution is 0.340. The zero-order valence-electron chi connectivity index (χ0n) is 14.7. The Morgan fingerprint density at radius 3 is 1.83 bits per heavy atom. The van der Waals surface area contributed by atoms with Gasteiger partial charge in [0.1, 0.15) is 5.75 Å². The van der Waals surface area contributed by atoms with Crippen LogP contribution in [-0.2, 0) is 0 Å². The number of rotatable bonds is 7. The molecule has 0 radical (unpaired) electrons. The minimum atomic E-state index is 0.697. The van der Waals surface area contributed by atoms with Crippen LogP contribution in [0.1, 0.15) is 38.8 Å². The van der Waals surface area contributed by atoms with Gasteiger partial charge in [-0.2, -0.15) is 0 Å². The molecule has 2 aromatic rings. The van der Waals surface area contributed by atoms with E-state index >= 15 is 0 Å². The SMILES string of the molecule is C/C=C(\c1ccc(OCC)cc1)c1ccc(N(CC)CC)cc1. The number of allylic oxidation sites excluding steroid dienone is 1. The number of benzene rings is 2. The second-order valence-electron chi connectivity index (χ2n) is 5.38. The van der Waals surface area contributed by atoms with Gasteiger partial charge >= 0.3 is 0 Å². The molecule has 0 fully saturated rings. The molecule has 122 valence electrons. The van der Waals surface area contributed by atoms with Gasteiger partial charge in [0, 0.05) is 18.8 Å². The fourth-order valence-electron chi connectivity index (χ4n) is 2.84. The number of nitrogens with zero attached hydrogens (tertiary/aromatic N) is 1. The van der Waals surface area contributed by atoms with Crippen LogP contribution >= 0.6 is 0 Å². The Kier molecular flexibility index (Phi) is 6.28. The Balaban J connectivity index is 2.24. The van der Waals surface area contributed by atoms with Crippen molar-refractivity contribution in [3.8, 4) is 5.75 Å². The first-order valence-corrected chi connectivity index (χ1v) is 8.48. The molecule has 2 nitrogen and oxygen atoms in total. The second kappa shape index (κ2) is 8.42. The summed E-state index contributed by atoms with van der Waals surface area (Å²) in [7, 11) is 0. The molecule has 0 amide bonds. The molecule has 0 saturated heterocycles. The predicted octanol–water partition coefficient (Wildman–Crippen LogP) is 5.38. The molecule has 0 saturated carbocycles. The topological polar surface area (TPSA) is 12.5 Å². The fraction of sp³-hybridized carbons (Fsp3) is 0.333. The van der Waals surface area contributed by atoms with Crippen LogP contribution in [0.5, 0.6) is 5.75 Å². The van der Waals surface area contributed by atoms with Gasteiger partial charge in [-0.1, -0.05) is 30.3 Å². The molecule has 23 heavy (non-hydrogen) atoms. The Labute approximate surface area is 140 Å². The quantitative estimate of drug-likeness (QED) is 0.680. The van der Waals surface area contributed by atoms with Crippen LogP contribution in [0.25, 0.3) is 5.57 Å². The first-order chi connectivity index (χ1) is 11.2. The van der Waals surface area contributed by atoms with Crippen LogP contribution in [0.15, 0.2) is 54.6 Å². The van der Waals surface area contributed by atoms with E-state index in [9.17, 15) is 0 Å². The van der Waals surface area contributed by atoms with Crippen molar-refractivity contribution in [2.45, 2.75) is 27.7 Å². The Morgan fingerprint density at radius 2 is 1.39 bits per heavy atom. The molecule has 0 unspecified atom stereocenters. The van der Waals surface area contributed by atoms with Crippen LogP contribution in [0.4, 0.5) is 5.69 Å². The van der Waals surface area contributed by atoms with E-state index in [4.69, 9.17) is 4.74 Å². The molecule has 2 aromatic carbocycles. The van der Waals surface area contributed by atoms with E-state index in [1.807, 2.05) is 19.1 Å². The van der Waals surface area contributed by atoms with Crippen molar-refractivity contribution in [3.05, 3.63) is 65.7 Å². The number of hydrogen-bond donors (Lipinski definition) is 0.